The van der Waals surface area contributed by atoms with Gasteiger partial charge in [0.15, 0.2) is 0 Å². The summed E-state index contributed by atoms with van der Waals surface area (Å²) in [7, 11) is -5.67. The van der Waals surface area contributed by atoms with E-state index in [1.54, 1.807) is 0 Å². The molecule has 29 heavy (non-hydrogen) atoms. The summed E-state index contributed by atoms with van der Waals surface area (Å²) in [5, 5.41) is 2.30. The van der Waals surface area contributed by atoms with Crippen LogP contribution in [0.5, 0.6) is 0 Å². The van der Waals surface area contributed by atoms with Crippen LogP contribution < -0.4 is 15.8 Å². The Labute approximate surface area is 171 Å². The highest BCUT2D eigenvalue weighted by atomic mass is 32.2. The molecule has 0 radical (unpaired) electrons. The molecule has 2 rings (SSSR count). The number of alkyl halides is 3. The van der Waals surface area contributed by atoms with Crippen LogP contribution in [0.4, 0.5) is 13.2 Å². The predicted octanol–water partition coefficient (Wildman–Crippen LogP) is 0.197. The van der Waals surface area contributed by atoms with Gasteiger partial charge in [-0.1, -0.05) is 0 Å². The first-order chi connectivity index (χ1) is 13.3. The fourth-order valence-corrected chi connectivity index (χ4v) is 5.87. The Morgan fingerprint density at radius 2 is 2.07 bits per heavy atom. The standard InChI is InChI=1S/C15H18F3N3O5S3/c1-28(24)5-4-9(13(19)22)20-14(23)10-7-27-11-3-2-8(15(16,17)18)6-12(11)29(25,26)21-10/h2-3,6,9-10,21H,4-5,7H2,1H3,(H2,19,22)(H,20,23)/t9-,10-,28?/m0/s1. The van der Waals surface area contributed by atoms with Gasteiger partial charge in [-0.25, -0.2) is 8.42 Å². The number of carbonyl (C=O) groups is 2. The molecular formula is C15H18F3N3O5S3. The van der Waals surface area contributed by atoms with Gasteiger partial charge in [0.2, 0.25) is 21.8 Å². The quantitative estimate of drug-likeness (QED) is 0.540. The molecule has 0 spiro atoms. The molecule has 0 saturated carbocycles. The van der Waals surface area contributed by atoms with Crippen molar-refractivity contribution in [3.8, 4) is 0 Å². The summed E-state index contributed by atoms with van der Waals surface area (Å²) in [5.74, 6) is -1.78. The molecule has 1 heterocycles. The minimum Gasteiger partial charge on any atom is -0.368 e. The lowest BCUT2D eigenvalue weighted by Crippen LogP contribution is -2.53. The molecule has 1 unspecified atom stereocenters. The van der Waals surface area contributed by atoms with E-state index in [0.717, 1.165) is 23.9 Å². The first kappa shape index (κ1) is 23.6. The summed E-state index contributed by atoms with van der Waals surface area (Å²) in [6.45, 7) is 0. The van der Waals surface area contributed by atoms with Gasteiger partial charge in [0, 0.05) is 33.5 Å². The molecular weight excluding hydrogens is 455 g/mol. The number of primary amides is 1. The summed E-state index contributed by atoms with van der Waals surface area (Å²) in [5.41, 5.74) is 4.08. The number of sulfonamides is 1. The molecule has 1 aliphatic heterocycles. The number of rotatable bonds is 6. The Morgan fingerprint density at radius 1 is 1.41 bits per heavy atom. The van der Waals surface area contributed by atoms with Gasteiger partial charge in [0.05, 0.1) is 10.5 Å². The van der Waals surface area contributed by atoms with E-state index in [4.69, 9.17) is 5.73 Å². The lowest BCUT2D eigenvalue weighted by atomic mass is 10.2. The topological polar surface area (TPSA) is 135 Å². The van der Waals surface area contributed by atoms with Crippen molar-refractivity contribution in [1.82, 2.24) is 10.0 Å². The minimum atomic E-state index is -4.73. The van der Waals surface area contributed by atoms with Crippen LogP contribution in [0.15, 0.2) is 28.0 Å². The Balaban J connectivity index is 2.22. The highest BCUT2D eigenvalue weighted by Gasteiger charge is 2.36. The lowest BCUT2D eigenvalue weighted by molar-refractivity contribution is -0.137. The number of benzene rings is 1. The van der Waals surface area contributed by atoms with E-state index < -0.39 is 61.4 Å². The molecule has 1 aromatic carbocycles. The highest BCUT2D eigenvalue weighted by Crippen LogP contribution is 2.36. The molecule has 8 nitrogen and oxygen atoms in total. The number of halogens is 3. The molecule has 0 aromatic heterocycles. The highest BCUT2D eigenvalue weighted by molar-refractivity contribution is 8.00. The summed E-state index contributed by atoms with van der Waals surface area (Å²) in [4.78, 5) is 23.4. The number of carbonyl (C=O) groups excluding carboxylic acids is 2. The van der Waals surface area contributed by atoms with E-state index in [9.17, 15) is 35.4 Å². The van der Waals surface area contributed by atoms with Crippen molar-refractivity contribution >= 4 is 44.4 Å². The summed E-state index contributed by atoms with van der Waals surface area (Å²) in [6, 6.07) is -0.210. The summed E-state index contributed by atoms with van der Waals surface area (Å²) >= 11 is 0.887. The van der Waals surface area contributed by atoms with E-state index >= 15 is 0 Å². The van der Waals surface area contributed by atoms with Gasteiger partial charge in [0.25, 0.3) is 0 Å². The number of hydrogen-bond acceptors (Lipinski definition) is 6. The predicted molar refractivity (Wildman–Crippen MR) is 101 cm³/mol. The van der Waals surface area contributed by atoms with Crippen molar-refractivity contribution in [2.45, 2.75) is 34.5 Å². The third-order valence-electron chi connectivity index (χ3n) is 3.93. The Hall–Kier alpha value is -1.64. The SMILES string of the molecule is CS(=O)CC[C@H](NC(=O)[C@@H]1CSc2ccc(C(F)(F)F)cc2S(=O)(=O)N1)C(N)=O. The van der Waals surface area contributed by atoms with Crippen molar-refractivity contribution < 1.29 is 35.4 Å². The van der Waals surface area contributed by atoms with Gasteiger partial charge in [0.1, 0.15) is 12.1 Å². The molecule has 14 heteroatoms. The second kappa shape index (κ2) is 9.02. The lowest BCUT2D eigenvalue weighted by Gasteiger charge is -2.19. The smallest absolute Gasteiger partial charge is 0.368 e. The Kier molecular flexibility index (Phi) is 7.35. The van der Waals surface area contributed by atoms with Crippen molar-refractivity contribution in [3.63, 3.8) is 0 Å². The van der Waals surface area contributed by atoms with Gasteiger partial charge in [-0.15, -0.1) is 11.8 Å². The van der Waals surface area contributed by atoms with E-state index in [1.807, 2.05) is 0 Å². The molecule has 0 aliphatic carbocycles. The molecule has 162 valence electrons. The van der Waals surface area contributed by atoms with Crippen LogP contribution in [0, 0.1) is 0 Å². The van der Waals surface area contributed by atoms with Gasteiger partial charge in [-0.2, -0.15) is 17.9 Å². The Bertz CT molecular complexity index is 937. The number of thioether (sulfide) groups is 1. The van der Waals surface area contributed by atoms with E-state index in [2.05, 4.69) is 10.0 Å². The monoisotopic (exact) mass is 473 g/mol. The summed E-state index contributed by atoms with van der Waals surface area (Å²) < 4.78 is 77.0. The van der Waals surface area contributed by atoms with Crippen LogP contribution >= 0.6 is 11.8 Å². The number of nitrogens with two attached hydrogens (primary N) is 1. The van der Waals surface area contributed by atoms with Crippen LogP contribution in [0.3, 0.4) is 0 Å². The zero-order valence-electron chi connectivity index (χ0n) is 15.0. The zero-order valence-corrected chi connectivity index (χ0v) is 17.4. The maximum Gasteiger partial charge on any atom is 0.416 e. The van der Waals surface area contributed by atoms with Gasteiger partial charge >= 0.3 is 6.18 Å². The maximum atomic E-state index is 12.9. The van der Waals surface area contributed by atoms with E-state index in [0.29, 0.717) is 6.07 Å². The minimum absolute atomic E-state index is 0.00797. The fourth-order valence-electron chi connectivity index (χ4n) is 2.44. The average Bonchev–Trinajstić information content (AvgIpc) is 2.73. The largest absolute Gasteiger partial charge is 0.416 e. The first-order valence-corrected chi connectivity index (χ1v) is 12.3. The van der Waals surface area contributed by atoms with Crippen LogP contribution in [-0.4, -0.2) is 54.3 Å². The second-order valence-corrected chi connectivity index (χ2v) is 10.5. The molecule has 0 saturated heterocycles. The fraction of sp³-hybridized carbons (Fsp3) is 0.467. The molecule has 3 atom stereocenters. The molecule has 0 bridgehead atoms. The third kappa shape index (κ3) is 6.17. The van der Waals surface area contributed by atoms with Crippen molar-refractivity contribution in [3.05, 3.63) is 23.8 Å². The van der Waals surface area contributed by atoms with Crippen molar-refractivity contribution in [1.29, 1.82) is 0 Å². The van der Waals surface area contributed by atoms with E-state index in [1.165, 1.54) is 6.26 Å². The molecule has 1 aliphatic rings. The van der Waals surface area contributed by atoms with Gasteiger partial charge in [-0.05, 0) is 24.6 Å². The van der Waals surface area contributed by atoms with Crippen LogP contribution in [0.2, 0.25) is 0 Å². The molecule has 1 aromatic rings. The number of nitrogens with one attached hydrogen (secondary N) is 2. The van der Waals surface area contributed by atoms with E-state index in [-0.39, 0.29) is 22.8 Å². The second-order valence-electron chi connectivity index (χ2n) is 6.17. The van der Waals surface area contributed by atoms with Gasteiger partial charge in [-0.3, -0.25) is 13.8 Å². The van der Waals surface area contributed by atoms with Crippen molar-refractivity contribution in [2.75, 3.05) is 17.8 Å². The summed E-state index contributed by atoms with van der Waals surface area (Å²) in [6.07, 6.45) is -3.33. The molecule has 2 amide bonds. The third-order valence-corrected chi connectivity index (χ3v) is 7.55. The normalized spacial score (nSPS) is 20.8. The molecule has 0 fully saturated rings. The Morgan fingerprint density at radius 3 is 2.62 bits per heavy atom. The van der Waals surface area contributed by atoms with Crippen molar-refractivity contribution in [2.24, 2.45) is 5.73 Å². The van der Waals surface area contributed by atoms with Crippen LogP contribution in [0.25, 0.3) is 0 Å². The molecule has 4 N–H and O–H groups in total. The van der Waals surface area contributed by atoms with Crippen LogP contribution in [0.1, 0.15) is 12.0 Å². The van der Waals surface area contributed by atoms with Gasteiger partial charge < -0.3 is 11.1 Å². The number of fused-ring (bicyclic) bond motifs is 1. The van der Waals surface area contributed by atoms with Crippen LogP contribution in [-0.2, 0) is 36.6 Å². The first-order valence-electron chi connectivity index (χ1n) is 8.07. The maximum absolute atomic E-state index is 12.9. The average molecular weight is 474 g/mol. The zero-order chi connectivity index (χ0) is 22.0. The number of hydrogen-bond donors (Lipinski definition) is 3. The number of amides is 2.